The van der Waals surface area contributed by atoms with Gasteiger partial charge in [0, 0.05) is 184 Å². The molecule has 8 heterocycles. The number of benzene rings is 4. The summed E-state index contributed by atoms with van der Waals surface area (Å²) in [5.41, 5.74) is 7.22. The predicted molar refractivity (Wildman–Crippen MR) is 494 cm³/mol. The Balaban J connectivity index is 0.000000162. The van der Waals surface area contributed by atoms with Crippen molar-refractivity contribution in [1.29, 1.82) is 0 Å². The molecule has 40 heteroatoms. The van der Waals surface area contributed by atoms with Crippen molar-refractivity contribution in [2.75, 3.05) is 98.9 Å². The van der Waals surface area contributed by atoms with Gasteiger partial charge in [0.2, 0.25) is 23.6 Å². The molecule has 36 nitrogen and oxygen atoms in total. The Kier molecular flexibility index (Phi) is 25.7. The molecule has 16 rings (SSSR count). The van der Waals surface area contributed by atoms with E-state index in [0.29, 0.717) is 87.0 Å². The van der Waals surface area contributed by atoms with Crippen molar-refractivity contribution in [3.63, 3.8) is 0 Å². The van der Waals surface area contributed by atoms with Crippen LogP contribution in [0.5, 0.6) is 23.0 Å². The average molecular weight is 1840 g/mol. The van der Waals surface area contributed by atoms with Crippen molar-refractivity contribution in [2.45, 2.75) is 111 Å². The number of nitrogens with zero attached hydrogens (tertiary/aromatic N) is 12. The molecule has 133 heavy (non-hydrogen) atoms. The third-order valence-corrected chi connectivity index (χ3v) is 20.9. The molecular formula is C93H102F4N24O12. The number of hydrogen-bond donors (Lipinski definition) is 12. The number of nitrogens with one attached hydrogen (secondary N) is 12. The van der Waals surface area contributed by atoms with E-state index in [1.807, 2.05) is 82.4 Å². The lowest BCUT2D eigenvalue weighted by Gasteiger charge is -2.18. The second-order valence-corrected chi connectivity index (χ2v) is 30.7. The molecule has 0 unspecified atom stereocenters. The smallest absolute Gasteiger partial charge is 0.264 e. The first kappa shape index (κ1) is 79.4. The van der Waals surface area contributed by atoms with Crippen LogP contribution in [0.15, 0.2) is 171 Å². The maximum absolute atomic E-state index is 13.4. The number of pyridine rings is 4. The van der Waals surface area contributed by atoms with Gasteiger partial charge in [0.05, 0.1) is 119 Å². The summed E-state index contributed by atoms with van der Waals surface area (Å²) in [5, 5.41) is 48.4. The number of hydrogen-bond acceptors (Lipinski definition) is 24. The Morgan fingerprint density at radius 2 is 0.714 bits per heavy atom. The SMILES string of the molecule is [2H]C([2H])([2H])NC(=O)c1cnc(NC(=O)C2CC2)cc1Nc1cccc(-c2ccn(CC(C)(F)F)n2)c1OC.[2H]C([2H])([2H])NC(=O)c1cnc(NC(=O)C2CC2)cc1Nc1cccc(-c2ccn(CC(F)F)n2)c1OC.[2H]C([2H])([2H])NC(=O)c1cnc(NC(=O)C2CC2)cc1Nc1cccc(-c2ccn(CC)n2)c1OC.[2H]C([2H])([2H])NC(=O)c1cnc(NC(=O)C2CC2)cc1Nc1cccc(-c2ccnn2CC)c1OC. The third kappa shape index (κ3) is 24.2. The normalized spacial score (nSPS) is 14.7. The molecule has 12 N–H and O–H groups in total. The summed E-state index contributed by atoms with van der Waals surface area (Å²) in [6.07, 6.45) is 15.1. The Hall–Kier alpha value is -15.8. The van der Waals surface area contributed by atoms with Gasteiger partial charge in [0.1, 0.15) is 36.4 Å². The number of ether oxygens (including phenoxy) is 4. The van der Waals surface area contributed by atoms with Gasteiger partial charge in [-0.25, -0.2) is 37.5 Å². The molecule has 0 radical (unpaired) electrons. The van der Waals surface area contributed by atoms with Gasteiger partial charge in [-0.15, -0.1) is 0 Å². The number of aryl methyl sites for hydroxylation is 2. The van der Waals surface area contributed by atoms with E-state index in [-0.39, 0.29) is 116 Å². The van der Waals surface area contributed by atoms with Crippen LogP contribution in [0.25, 0.3) is 45.0 Å². The van der Waals surface area contributed by atoms with Gasteiger partial charge in [-0.1, -0.05) is 24.3 Å². The summed E-state index contributed by atoms with van der Waals surface area (Å²) in [6, 6.07) is 33.6. The van der Waals surface area contributed by atoms with Gasteiger partial charge >= 0.3 is 0 Å². The van der Waals surface area contributed by atoms with Crippen LogP contribution in [0.3, 0.4) is 0 Å². The summed E-state index contributed by atoms with van der Waals surface area (Å²) < 4.78 is 169. The summed E-state index contributed by atoms with van der Waals surface area (Å²) in [7, 11) is 5.89. The highest BCUT2D eigenvalue weighted by molar-refractivity contribution is 6.06. The molecule has 0 spiro atoms. The van der Waals surface area contributed by atoms with Crippen LogP contribution in [-0.4, -0.2) is 175 Å². The molecule has 4 fully saturated rings. The number of anilines is 12. The van der Waals surface area contributed by atoms with Crippen molar-refractivity contribution in [2.24, 2.45) is 23.7 Å². The van der Waals surface area contributed by atoms with E-state index in [9.17, 15) is 55.9 Å². The highest BCUT2D eigenvalue weighted by Crippen LogP contribution is 2.45. The number of carbonyl (C=O) groups is 8. The van der Waals surface area contributed by atoms with E-state index < -0.39 is 77.0 Å². The predicted octanol–water partition coefficient (Wildman–Crippen LogP) is 14.6. The Morgan fingerprint density at radius 1 is 0.414 bits per heavy atom. The van der Waals surface area contributed by atoms with Gasteiger partial charge in [-0.2, -0.15) is 20.4 Å². The summed E-state index contributed by atoms with van der Waals surface area (Å²) >= 11 is 0. The fourth-order valence-electron chi connectivity index (χ4n) is 13.7. The molecule has 4 aromatic carbocycles. The molecule has 8 amide bonds. The van der Waals surface area contributed by atoms with Gasteiger partial charge in [-0.3, -0.25) is 57.1 Å². The summed E-state index contributed by atoms with van der Waals surface area (Å²) in [6.45, 7) is -5.83. The molecule has 4 aliphatic rings. The first-order valence-corrected chi connectivity index (χ1v) is 41.8. The average Bonchev–Trinajstić information content (AvgIpc) is 1.64. The zero-order valence-corrected chi connectivity index (χ0v) is 72.8. The standard InChI is InChI=1S/C24H26F2N6O3.C23H24F2N6O3.2C23H26N6O3/c1-24(25,26)13-32-10-9-17(31-32)15-5-4-6-18(21(15)35-3)29-19-11-20(30-22(33)14-7-8-14)28-12-16(19)23(34)27-2;1-26-23(33)15-11-27-20(29-22(32)13-6-7-13)10-18(15)28-17-5-3-4-14(21(17)34-2)16-8-9-31(30-16)12-19(24)25;1-4-29-11-10-17(28-29)15-6-5-7-18(21(15)32-3)26-19-12-20(27-22(30)14-8-9-14)25-13-16(19)23(31)24-2;1-4-29-19(10-11-26-29)15-6-5-7-17(21(15)32-3)27-18-12-20(28-22(30)14-8-9-14)25-13-16(18)23(31)24-2/h4-6,9-12,14H,7-8,13H2,1-3H3,(H,27,34)(H2,28,29,30,33);3-5,8-11,13,19H,6-7,12H2,1-2H3,(H,26,33)(H2,27,28,29,32);5-7,10-14H,4,8-9H2,1-3H3,(H,24,31)(H2,25,26,27,30);5-7,10-14H,4,8-9H2,1-3H3,(H,24,31)(H2,25,27,28,30)/i2D3;1D3;2*2D3. The minimum Gasteiger partial charge on any atom is -0.494 e. The number of methoxy groups -OCH3 is 4. The number of rotatable bonds is 34. The molecule has 4 saturated carbocycles. The maximum atomic E-state index is 13.4. The molecular weight excluding hydrogens is 1720 g/mol. The number of carbonyl (C=O) groups excluding carboxylic acids is 8. The first-order chi connectivity index (χ1) is 68.7. The van der Waals surface area contributed by atoms with Crippen LogP contribution >= 0.6 is 0 Å². The van der Waals surface area contributed by atoms with Crippen LogP contribution < -0.4 is 82.7 Å². The molecule has 694 valence electrons. The molecule has 0 saturated heterocycles. The number of alkyl halides is 4. The molecule has 8 aromatic heterocycles. The minimum absolute atomic E-state index is 0.00315. The number of aromatic nitrogens is 12. The van der Waals surface area contributed by atoms with Crippen LogP contribution in [-0.2, 0) is 45.4 Å². The Morgan fingerprint density at radius 3 is 1.00 bits per heavy atom. The monoisotopic (exact) mass is 1830 g/mol. The Labute approximate surface area is 779 Å². The van der Waals surface area contributed by atoms with Gasteiger partial charge in [-0.05, 0) is 138 Å². The van der Waals surface area contributed by atoms with Crippen LogP contribution in [0.2, 0.25) is 0 Å². The van der Waals surface area contributed by atoms with Gasteiger partial charge in [0.15, 0.2) is 23.0 Å². The maximum Gasteiger partial charge on any atom is 0.264 e. The Bertz CT molecular complexity index is 6760. The number of amides is 8. The van der Waals surface area contributed by atoms with Crippen molar-refractivity contribution in [3.05, 3.63) is 193 Å². The molecule has 0 atom stereocenters. The second kappa shape index (κ2) is 43.1. The van der Waals surface area contributed by atoms with Gasteiger partial charge < -0.3 is 82.7 Å². The number of halogens is 4. The number of para-hydroxylation sites is 4. The van der Waals surface area contributed by atoms with E-state index >= 15 is 0 Å². The summed E-state index contributed by atoms with van der Waals surface area (Å²) in [5.74, 6) is -4.95. The highest BCUT2D eigenvalue weighted by Gasteiger charge is 2.35. The van der Waals surface area contributed by atoms with Crippen LogP contribution in [0, 0.1) is 23.7 Å². The molecule has 0 bridgehead atoms. The van der Waals surface area contributed by atoms with Crippen molar-refractivity contribution >= 4 is 116 Å². The largest absolute Gasteiger partial charge is 0.494 e. The van der Waals surface area contributed by atoms with Crippen molar-refractivity contribution in [1.82, 2.24) is 80.3 Å². The van der Waals surface area contributed by atoms with E-state index in [0.717, 1.165) is 96.9 Å². The minimum atomic E-state index is -2.95. The van der Waals surface area contributed by atoms with E-state index in [2.05, 4.69) is 82.9 Å². The van der Waals surface area contributed by atoms with Crippen LogP contribution in [0.1, 0.15) is 130 Å². The molecule has 4 aliphatic carbocycles. The molecule has 12 aromatic rings. The van der Waals surface area contributed by atoms with E-state index in [1.54, 1.807) is 71.5 Å². The van der Waals surface area contributed by atoms with Gasteiger partial charge in [0.25, 0.3) is 36.0 Å². The topological polar surface area (TPSA) is 441 Å². The summed E-state index contributed by atoms with van der Waals surface area (Å²) in [4.78, 5) is 116. The second-order valence-electron chi connectivity index (χ2n) is 30.7. The fraction of sp³-hybridized carbons (Fsp3) is 0.312. The zero-order valence-electron chi connectivity index (χ0n) is 84.8. The molecule has 0 aliphatic heterocycles. The van der Waals surface area contributed by atoms with E-state index in [4.69, 9.17) is 35.4 Å². The highest BCUT2D eigenvalue weighted by atomic mass is 19.3. The van der Waals surface area contributed by atoms with Crippen molar-refractivity contribution in [3.8, 4) is 68.0 Å². The fourth-order valence-corrected chi connectivity index (χ4v) is 13.7. The first-order valence-electron chi connectivity index (χ1n) is 47.8. The quantitative estimate of drug-likeness (QED) is 0.0167. The lowest BCUT2D eigenvalue weighted by Crippen LogP contribution is -2.20. The van der Waals surface area contributed by atoms with E-state index in [1.165, 1.54) is 77.5 Å². The zero-order chi connectivity index (χ0) is 105. The third-order valence-electron chi connectivity index (χ3n) is 20.9. The lowest BCUT2D eigenvalue weighted by atomic mass is 10.1. The van der Waals surface area contributed by atoms with Crippen LogP contribution in [0.4, 0.5) is 86.3 Å². The lowest BCUT2D eigenvalue weighted by molar-refractivity contribution is -0.118. The van der Waals surface area contributed by atoms with Crippen molar-refractivity contribution < 1.29 is 91.3 Å².